The molecular formula is C21H22Br2N2O5. The highest BCUT2D eigenvalue weighted by Gasteiger charge is 2.66. The molecule has 1 heterocycles. The lowest BCUT2D eigenvalue weighted by atomic mass is 9.81. The van der Waals surface area contributed by atoms with E-state index in [1.807, 2.05) is 19.1 Å². The van der Waals surface area contributed by atoms with Crippen molar-refractivity contribution in [1.82, 2.24) is 4.90 Å². The summed E-state index contributed by atoms with van der Waals surface area (Å²) in [5, 5.41) is 2.68. The highest BCUT2D eigenvalue weighted by atomic mass is 79.9. The van der Waals surface area contributed by atoms with Crippen molar-refractivity contribution in [2.75, 3.05) is 18.5 Å². The third-order valence-electron chi connectivity index (χ3n) is 6.40. The normalized spacial score (nSPS) is 31.8. The van der Waals surface area contributed by atoms with Gasteiger partial charge in [-0.15, -0.1) is 0 Å². The number of aryl methyl sites for hydroxylation is 1. The molecule has 3 amide bonds. The van der Waals surface area contributed by atoms with Gasteiger partial charge in [-0.3, -0.25) is 24.1 Å². The number of hydrogen-bond acceptors (Lipinski definition) is 5. The Kier molecular flexibility index (Phi) is 6.03. The molecular weight excluding hydrogens is 520 g/mol. The van der Waals surface area contributed by atoms with E-state index in [0.717, 1.165) is 12.0 Å². The Morgan fingerprint density at radius 1 is 1.10 bits per heavy atom. The van der Waals surface area contributed by atoms with Crippen LogP contribution in [0.4, 0.5) is 5.69 Å². The van der Waals surface area contributed by atoms with Crippen LogP contribution < -0.4 is 5.32 Å². The molecule has 9 heteroatoms. The van der Waals surface area contributed by atoms with E-state index in [1.165, 1.54) is 4.90 Å². The van der Waals surface area contributed by atoms with Crippen molar-refractivity contribution < 1.29 is 23.9 Å². The van der Waals surface area contributed by atoms with Crippen LogP contribution >= 0.6 is 31.9 Å². The quantitative estimate of drug-likeness (QED) is 0.339. The number of halogens is 2. The number of hydrogen-bond donors (Lipinski definition) is 1. The molecule has 1 aromatic rings. The maximum atomic E-state index is 12.8. The molecule has 1 saturated heterocycles. The topological polar surface area (TPSA) is 92.8 Å². The van der Waals surface area contributed by atoms with Crippen molar-refractivity contribution in [2.24, 2.45) is 23.7 Å². The van der Waals surface area contributed by atoms with Crippen LogP contribution in [-0.2, 0) is 23.9 Å². The van der Waals surface area contributed by atoms with Gasteiger partial charge in [-0.25, -0.2) is 0 Å². The summed E-state index contributed by atoms with van der Waals surface area (Å²) >= 11 is 7.30. The monoisotopic (exact) mass is 540 g/mol. The first-order valence-corrected chi connectivity index (χ1v) is 11.8. The second-order valence-electron chi connectivity index (χ2n) is 8.11. The van der Waals surface area contributed by atoms with Crippen molar-refractivity contribution in [3.05, 3.63) is 29.8 Å². The molecule has 3 fully saturated rings. The number of nitrogens with one attached hydrogen (secondary N) is 1. The van der Waals surface area contributed by atoms with Gasteiger partial charge in [0.2, 0.25) is 11.8 Å². The number of para-hydroxylation sites is 1. The van der Waals surface area contributed by atoms with E-state index in [1.54, 1.807) is 12.1 Å². The maximum Gasteiger partial charge on any atom is 0.308 e. The van der Waals surface area contributed by atoms with Crippen LogP contribution in [0.2, 0.25) is 0 Å². The van der Waals surface area contributed by atoms with Gasteiger partial charge in [0.1, 0.15) is 0 Å². The molecule has 30 heavy (non-hydrogen) atoms. The van der Waals surface area contributed by atoms with Crippen LogP contribution in [0.25, 0.3) is 0 Å². The minimum absolute atomic E-state index is 0.0116. The van der Waals surface area contributed by atoms with E-state index in [2.05, 4.69) is 37.2 Å². The Hall–Kier alpha value is -1.74. The standard InChI is InChI=1S/C21H22Br2N2O5/c1-10-4-2-3-5-13(10)24-14(26)9-30-15(27)6-7-25-20(28)16-11-8-12(17(16)21(25)29)19(23)18(11)22/h2-5,11-12,16-19H,6-9H2,1H3,(H,24,26)/t11-,12-,16-,17+,18-,19+/m1/s1. The number of fused-ring (bicyclic) bond motifs is 5. The summed E-state index contributed by atoms with van der Waals surface area (Å²) in [5.74, 6) is -1.74. The number of imide groups is 1. The number of carbonyl (C=O) groups excluding carboxylic acids is 4. The summed E-state index contributed by atoms with van der Waals surface area (Å²) in [6.45, 7) is 1.44. The van der Waals surface area contributed by atoms with Gasteiger partial charge >= 0.3 is 5.97 Å². The summed E-state index contributed by atoms with van der Waals surface area (Å²) in [6, 6.07) is 7.29. The minimum atomic E-state index is -0.618. The summed E-state index contributed by atoms with van der Waals surface area (Å²) in [6.07, 6.45) is 0.740. The number of likely N-dealkylation sites (tertiary alicyclic amines) is 1. The fourth-order valence-corrected chi connectivity index (χ4v) is 6.83. The fraction of sp³-hybridized carbons (Fsp3) is 0.524. The molecule has 160 valence electrons. The molecule has 1 N–H and O–H groups in total. The molecule has 7 nitrogen and oxygen atoms in total. The van der Waals surface area contributed by atoms with Crippen LogP contribution in [0.15, 0.2) is 24.3 Å². The van der Waals surface area contributed by atoms with Crippen LogP contribution in [-0.4, -0.2) is 51.4 Å². The highest BCUT2D eigenvalue weighted by Crippen LogP contribution is 2.60. The average molecular weight is 542 g/mol. The lowest BCUT2D eigenvalue weighted by molar-refractivity contribution is -0.149. The number of esters is 1. The fourth-order valence-electron chi connectivity index (χ4n) is 4.95. The van der Waals surface area contributed by atoms with Crippen molar-refractivity contribution in [2.45, 2.75) is 29.4 Å². The second kappa shape index (κ2) is 8.42. The number of alkyl halides is 2. The predicted octanol–water partition coefficient (Wildman–Crippen LogP) is 2.64. The maximum absolute atomic E-state index is 12.8. The van der Waals surface area contributed by atoms with Gasteiger partial charge in [0.05, 0.1) is 18.3 Å². The van der Waals surface area contributed by atoms with E-state index in [-0.39, 0.29) is 58.1 Å². The van der Waals surface area contributed by atoms with Crippen LogP contribution in [0.1, 0.15) is 18.4 Å². The second-order valence-corrected chi connectivity index (χ2v) is 10.2. The molecule has 2 bridgehead atoms. The average Bonchev–Trinajstić information content (AvgIpc) is 3.32. The Labute approximate surface area is 191 Å². The molecule has 2 aliphatic carbocycles. The van der Waals surface area contributed by atoms with Gasteiger partial charge in [0.25, 0.3) is 5.91 Å². The number of rotatable bonds is 6. The zero-order valence-electron chi connectivity index (χ0n) is 16.3. The van der Waals surface area contributed by atoms with Crippen molar-refractivity contribution in [3.63, 3.8) is 0 Å². The van der Waals surface area contributed by atoms with Gasteiger partial charge < -0.3 is 10.1 Å². The summed E-state index contributed by atoms with van der Waals surface area (Å²) in [7, 11) is 0. The van der Waals surface area contributed by atoms with Crippen LogP contribution in [0.3, 0.4) is 0 Å². The van der Waals surface area contributed by atoms with Crippen LogP contribution in [0, 0.1) is 30.6 Å². The first-order chi connectivity index (χ1) is 14.3. The molecule has 0 radical (unpaired) electrons. The zero-order chi connectivity index (χ0) is 21.6. The number of nitrogens with zero attached hydrogens (tertiary/aromatic N) is 1. The molecule has 0 spiro atoms. The number of carbonyl (C=O) groups is 4. The Bertz CT molecular complexity index is 875. The Morgan fingerprint density at radius 2 is 1.70 bits per heavy atom. The molecule has 4 rings (SSSR count). The van der Waals surface area contributed by atoms with E-state index in [9.17, 15) is 19.2 Å². The largest absolute Gasteiger partial charge is 0.456 e. The molecule has 1 aromatic carbocycles. The Balaban J connectivity index is 1.27. The summed E-state index contributed by atoms with van der Waals surface area (Å²) < 4.78 is 5.01. The first-order valence-electron chi connectivity index (χ1n) is 9.94. The third-order valence-corrected chi connectivity index (χ3v) is 9.61. The van der Waals surface area contributed by atoms with Gasteiger partial charge in [-0.05, 0) is 36.8 Å². The number of benzene rings is 1. The molecule has 6 atom stereocenters. The smallest absolute Gasteiger partial charge is 0.308 e. The molecule has 1 aliphatic heterocycles. The lowest BCUT2D eigenvalue weighted by Crippen LogP contribution is -2.37. The predicted molar refractivity (Wildman–Crippen MR) is 116 cm³/mol. The van der Waals surface area contributed by atoms with Gasteiger partial charge in [-0.2, -0.15) is 0 Å². The molecule has 2 saturated carbocycles. The third kappa shape index (κ3) is 3.70. The van der Waals surface area contributed by atoms with Gasteiger partial charge in [0, 0.05) is 21.9 Å². The van der Waals surface area contributed by atoms with E-state index in [4.69, 9.17) is 4.74 Å². The van der Waals surface area contributed by atoms with Crippen molar-refractivity contribution in [1.29, 1.82) is 0 Å². The van der Waals surface area contributed by atoms with E-state index >= 15 is 0 Å². The summed E-state index contributed by atoms with van der Waals surface area (Å²) in [4.78, 5) is 51.2. The van der Waals surface area contributed by atoms with E-state index in [0.29, 0.717) is 5.69 Å². The van der Waals surface area contributed by atoms with Crippen molar-refractivity contribution >= 4 is 61.2 Å². The first kappa shape index (κ1) is 21.5. The summed E-state index contributed by atoms with van der Waals surface area (Å²) in [5.41, 5.74) is 1.56. The molecule has 0 unspecified atom stereocenters. The van der Waals surface area contributed by atoms with E-state index < -0.39 is 18.5 Å². The Morgan fingerprint density at radius 3 is 2.30 bits per heavy atom. The van der Waals surface area contributed by atoms with Gasteiger partial charge in [0.15, 0.2) is 6.61 Å². The van der Waals surface area contributed by atoms with Crippen molar-refractivity contribution in [3.8, 4) is 0 Å². The minimum Gasteiger partial charge on any atom is -0.456 e. The number of anilines is 1. The zero-order valence-corrected chi connectivity index (χ0v) is 19.5. The van der Waals surface area contributed by atoms with Crippen LogP contribution in [0.5, 0.6) is 0 Å². The number of amides is 3. The number of ether oxygens (including phenoxy) is 1. The molecule has 0 aromatic heterocycles. The van der Waals surface area contributed by atoms with Gasteiger partial charge in [-0.1, -0.05) is 50.1 Å². The highest BCUT2D eigenvalue weighted by molar-refractivity contribution is 9.12. The molecule has 3 aliphatic rings. The lowest BCUT2D eigenvalue weighted by Gasteiger charge is -2.28. The SMILES string of the molecule is Cc1ccccc1NC(=O)COC(=O)CCN1C(=O)[C@@H]2[C@H]3C[C@@H]([C@H](Br)[C@@H]3Br)[C@@H]2C1=O.